The van der Waals surface area contributed by atoms with Crippen molar-refractivity contribution >= 4 is 28.2 Å². The Labute approximate surface area is 197 Å². The molecule has 1 saturated heterocycles. The predicted octanol–water partition coefficient (Wildman–Crippen LogP) is 4.94. The molecule has 4 aromatic heterocycles. The van der Waals surface area contributed by atoms with Gasteiger partial charge < -0.3 is 9.47 Å². The highest BCUT2D eigenvalue weighted by molar-refractivity contribution is 7.14. The van der Waals surface area contributed by atoms with Crippen LogP contribution in [-0.2, 0) is 13.0 Å². The van der Waals surface area contributed by atoms with E-state index < -0.39 is 0 Å². The third-order valence-electron chi connectivity index (χ3n) is 6.01. The van der Waals surface area contributed by atoms with Crippen molar-refractivity contribution in [1.82, 2.24) is 19.5 Å². The largest absolute Gasteiger partial charge is 0.348 e. The Balaban J connectivity index is 1.28. The predicted molar refractivity (Wildman–Crippen MR) is 131 cm³/mol. The summed E-state index contributed by atoms with van der Waals surface area (Å²) in [4.78, 5) is 28.8. The number of amides is 1. The highest BCUT2D eigenvalue weighted by Crippen LogP contribution is 2.36. The van der Waals surface area contributed by atoms with Crippen LogP contribution in [0, 0.1) is 0 Å². The topological polar surface area (TPSA) is 75.9 Å². The van der Waals surface area contributed by atoms with E-state index in [1.54, 1.807) is 12.4 Å². The lowest BCUT2D eigenvalue weighted by atomic mass is 10.1. The van der Waals surface area contributed by atoms with Crippen molar-refractivity contribution in [3.8, 4) is 0 Å². The fraction of sp³-hybridized carbons (Fsp3) is 0.280. The van der Waals surface area contributed by atoms with Gasteiger partial charge in [-0.3, -0.25) is 15.1 Å². The number of rotatable bonds is 7. The second-order valence-electron chi connectivity index (χ2n) is 8.14. The van der Waals surface area contributed by atoms with Crippen LogP contribution in [0.25, 0.3) is 0 Å². The van der Waals surface area contributed by atoms with Gasteiger partial charge in [0.25, 0.3) is 5.91 Å². The quantitative estimate of drug-likeness (QED) is 0.425. The first kappa shape index (κ1) is 21.3. The van der Waals surface area contributed by atoms with Gasteiger partial charge in [-0.05, 0) is 60.7 Å². The van der Waals surface area contributed by atoms with E-state index in [0.29, 0.717) is 17.4 Å². The van der Waals surface area contributed by atoms with Crippen LogP contribution in [-0.4, -0.2) is 32.0 Å². The van der Waals surface area contributed by atoms with Crippen LogP contribution in [0.5, 0.6) is 0 Å². The summed E-state index contributed by atoms with van der Waals surface area (Å²) in [6.45, 7) is 3.71. The van der Waals surface area contributed by atoms with Gasteiger partial charge in [0.05, 0.1) is 11.7 Å². The summed E-state index contributed by atoms with van der Waals surface area (Å²) in [5, 5.41) is 5.65. The summed E-state index contributed by atoms with van der Waals surface area (Å²) < 4.78 is 1.93. The van der Waals surface area contributed by atoms with Crippen molar-refractivity contribution in [2.24, 2.45) is 0 Å². The normalized spacial score (nSPS) is 15.7. The van der Waals surface area contributed by atoms with Gasteiger partial charge in [0.1, 0.15) is 11.5 Å². The molecule has 1 N–H and O–H groups in total. The number of nitrogens with zero attached hydrogens (tertiary/aromatic N) is 5. The number of hydrogen-bond acceptors (Lipinski definition) is 6. The summed E-state index contributed by atoms with van der Waals surface area (Å²) >= 11 is 1.47. The SMILES string of the molecule is CCc1ccc(N2CCCC2c2csc(NC(=O)c3cccn3Cc3ccncc3)n2)nc1. The van der Waals surface area contributed by atoms with Crippen LogP contribution < -0.4 is 10.2 Å². The van der Waals surface area contributed by atoms with Gasteiger partial charge in [0.2, 0.25) is 0 Å². The average molecular weight is 459 g/mol. The Kier molecular flexibility index (Phi) is 6.17. The second-order valence-corrected chi connectivity index (χ2v) is 9.00. The van der Waals surface area contributed by atoms with Gasteiger partial charge in [-0.1, -0.05) is 13.0 Å². The molecule has 1 atom stereocenters. The summed E-state index contributed by atoms with van der Waals surface area (Å²) in [6.07, 6.45) is 10.5. The molecule has 7 nitrogen and oxygen atoms in total. The number of thiazole rings is 1. The van der Waals surface area contributed by atoms with Gasteiger partial charge in [-0.2, -0.15) is 0 Å². The average Bonchev–Trinajstić information content (AvgIpc) is 3.60. The molecule has 1 amide bonds. The van der Waals surface area contributed by atoms with E-state index in [2.05, 4.69) is 44.6 Å². The summed E-state index contributed by atoms with van der Waals surface area (Å²) in [5.74, 6) is 0.831. The van der Waals surface area contributed by atoms with Crippen LogP contribution in [0.1, 0.15) is 53.1 Å². The molecule has 168 valence electrons. The Morgan fingerprint density at radius 3 is 2.85 bits per heavy atom. The molecule has 8 heteroatoms. The molecule has 1 unspecified atom stereocenters. The zero-order chi connectivity index (χ0) is 22.6. The Hall–Kier alpha value is -3.52. The number of anilines is 2. The first-order valence-electron chi connectivity index (χ1n) is 11.2. The van der Waals surface area contributed by atoms with Crippen LogP contribution in [0.15, 0.2) is 66.6 Å². The molecule has 1 aliphatic heterocycles. The zero-order valence-electron chi connectivity index (χ0n) is 18.5. The molecule has 0 aromatic carbocycles. The highest BCUT2D eigenvalue weighted by Gasteiger charge is 2.29. The highest BCUT2D eigenvalue weighted by atomic mass is 32.1. The fourth-order valence-electron chi connectivity index (χ4n) is 4.24. The van der Waals surface area contributed by atoms with E-state index in [1.807, 2.05) is 41.2 Å². The molecule has 0 saturated carbocycles. The maximum atomic E-state index is 13.0. The zero-order valence-corrected chi connectivity index (χ0v) is 19.3. The minimum atomic E-state index is -0.157. The van der Waals surface area contributed by atoms with Crippen molar-refractivity contribution in [3.05, 3.63) is 89.1 Å². The smallest absolute Gasteiger partial charge is 0.274 e. The number of nitrogens with one attached hydrogen (secondary N) is 1. The fourth-order valence-corrected chi connectivity index (χ4v) is 5.00. The van der Waals surface area contributed by atoms with E-state index in [1.165, 1.54) is 16.9 Å². The van der Waals surface area contributed by atoms with Crippen LogP contribution in [0.4, 0.5) is 10.9 Å². The van der Waals surface area contributed by atoms with E-state index in [-0.39, 0.29) is 11.9 Å². The van der Waals surface area contributed by atoms with E-state index >= 15 is 0 Å². The lowest BCUT2D eigenvalue weighted by Crippen LogP contribution is -2.24. The minimum Gasteiger partial charge on any atom is -0.348 e. The molecule has 5 heterocycles. The van der Waals surface area contributed by atoms with Crippen molar-refractivity contribution in [3.63, 3.8) is 0 Å². The maximum absolute atomic E-state index is 13.0. The third-order valence-corrected chi connectivity index (χ3v) is 6.79. The van der Waals surface area contributed by atoms with Crippen LogP contribution >= 0.6 is 11.3 Å². The maximum Gasteiger partial charge on any atom is 0.274 e. The molecule has 0 radical (unpaired) electrons. The summed E-state index contributed by atoms with van der Waals surface area (Å²) in [6, 6.07) is 12.0. The number of hydrogen-bond donors (Lipinski definition) is 1. The number of aryl methyl sites for hydroxylation is 1. The van der Waals surface area contributed by atoms with Crippen LogP contribution in [0.2, 0.25) is 0 Å². The van der Waals surface area contributed by atoms with Crippen molar-refractivity contribution in [1.29, 1.82) is 0 Å². The Morgan fingerprint density at radius 2 is 2.06 bits per heavy atom. The summed E-state index contributed by atoms with van der Waals surface area (Å²) in [7, 11) is 0. The van der Waals surface area contributed by atoms with Gasteiger partial charge in [-0.15, -0.1) is 11.3 Å². The standard InChI is InChI=1S/C25H26N6OS/c1-2-18-7-8-23(27-15-18)31-14-4-5-21(31)20-17-33-25(28-20)29-24(32)22-6-3-13-30(22)16-19-9-11-26-12-10-19/h3,6-13,15,17,21H,2,4-5,14,16H2,1H3,(H,28,29,32). The van der Waals surface area contributed by atoms with Crippen LogP contribution in [0.3, 0.4) is 0 Å². The van der Waals surface area contributed by atoms with Crippen molar-refractivity contribution in [2.45, 2.75) is 38.8 Å². The molecule has 0 spiro atoms. The number of carbonyl (C=O) groups excluding carboxylic acids is 1. The third kappa shape index (κ3) is 4.66. The lowest BCUT2D eigenvalue weighted by Gasteiger charge is -2.24. The molecule has 33 heavy (non-hydrogen) atoms. The van der Waals surface area contributed by atoms with E-state index in [4.69, 9.17) is 4.98 Å². The lowest BCUT2D eigenvalue weighted by molar-refractivity contribution is 0.101. The second kappa shape index (κ2) is 9.54. The first-order chi connectivity index (χ1) is 16.2. The van der Waals surface area contributed by atoms with E-state index in [0.717, 1.165) is 42.9 Å². The monoisotopic (exact) mass is 458 g/mol. The minimum absolute atomic E-state index is 0.157. The van der Waals surface area contributed by atoms with Gasteiger partial charge in [-0.25, -0.2) is 9.97 Å². The van der Waals surface area contributed by atoms with Crippen molar-refractivity contribution < 1.29 is 4.79 Å². The Bertz CT molecular complexity index is 1220. The molecular weight excluding hydrogens is 432 g/mol. The molecule has 4 aromatic rings. The molecule has 0 bridgehead atoms. The van der Waals surface area contributed by atoms with Crippen molar-refractivity contribution in [2.75, 3.05) is 16.8 Å². The van der Waals surface area contributed by atoms with Gasteiger partial charge in [0, 0.05) is 43.3 Å². The first-order valence-corrected chi connectivity index (χ1v) is 12.1. The summed E-state index contributed by atoms with van der Waals surface area (Å²) in [5.41, 5.74) is 3.92. The molecule has 5 rings (SSSR count). The number of aromatic nitrogens is 4. The van der Waals surface area contributed by atoms with E-state index in [9.17, 15) is 4.79 Å². The number of pyridine rings is 2. The Morgan fingerprint density at radius 1 is 1.18 bits per heavy atom. The molecular formula is C25H26N6OS. The molecule has 1 aliphatic rings. The molecule has 0 aliphatic carbocycles. The number of carbonyl (C=O) groups is 1. The van der Waals surface area contributed by atoms with Gasteiger partial charge >= 0.3 is 0 Å². The van der Waals surface area contributed by atoms with Gasteiger partial charge in [0.15, 0.2) is 5.13 Å². The molecule has 1 fully saturated rings.